The Kier molecular flexibility index (Phi) is 3.06. The average molecular weight is 213 g/mol. The van der Waals surface area contributed by atoms with E-state index in [1.807, 2.05) is 0 Å². The predicted octanol–water partition coefficient (Wildman–Crippen LogP) is 1.92. The van der Waals surface area contributed by atoms with Crippen molar-refractivity contribution in [1.29, 1.82) is 0 Å². The summed E-state index contributed by atoms with van der Waals surface area (Å²) >= 11 is 0. The van der Waals surface area contributed by atoms with Gasteiger partial charge in [0.1, 0.15) is 5.72 Å². The van der Waals surface area contributed by atoms with Gasteiger partial charge in [0.05, 0.1) is 5.60 Å². The quantitative estimate of drug-likeness (QED) is 0.760. The Balaban J connectivity index is 1.88. The zero-order valence-electron chi connectivity index (χ0n) is 10.1. The Morgan fingerprint density at radius 2 is 1.87 bits per heavy atom. The van der Waals surface area contributed by atoms with E-state index in [1.165, 1.54) is 12.8 Å². The van der Waals surface area contributed by atoms with Gasteiger partial charge < -0.3 is 9.47 Å². The maximum absolute atomic E-state index is 6.09. The van der Waals surface area contributed by atoms with Gasteiger partial charge in [-0.1, -0.05) is 0 Å². The smallest absolute Gasteiger partial charge is 0.117 e. The van der Waals surface area contributed by atoms with Gasteiger partial charge in [0.15, 0.2) is 0 Å². The van der Waals surface area contributed by atoms with Crippen LogP contribution in [-0.4, -0.2) is 31.1 Å². The van der Waals surface area contributed by atoms with Crippen LogP contribution >= 0.6 is 0 Å². The number of hydrogen-bond acceptors (Lipinski definition) is 3. The van der Waals surface area contributed by atoms with Crippen LogP contribution in [0, 0.1) is 5.92 Å². The Bertz CT molecular complexity index is 224. The highest BCUT2D eigenvalue weighted by Gasteiger charge is 2.41. The highest BCUT2D eigenvalue weighted by Crippen LogP contribution is 2.33. The van der Waals surface area contributed by atoms with Crippen LogP contribution in [0.2, 0.25) is 0 Å². The summed E-state index contributed by atoms with van der Waals surface area (Å²) in [6, 6.07) is 0. The summed E-state index contributed by atoms with van der Waals surface area (Å²) < 4.78 is 11.5. The minimum Gasteiger partial charge on any atom is -0.381 e. The summed E-state index contributed by atoms with van der Waals surface area (Å²) in [5, 5.41) is 3.51. The molecule has 0 aromatic rings. The maximum atomic E-state index is 6.09. The minimum atomic E-state index is -0.120. The molecular formula is C12H23NO2. The van der Waals surface area contributed by atoms with Crippen molar-refractivity contribution in [3.05, 3.63) is 0 Å². The molecule has 0 amide bonds. The number of ether oxygens (including phenoxy) is 2. The van der Waals surface area contributed by atoms with Crippen molar-refractivity contribution in [2.75, 3.05) is 19.8 Å². The van der Waals surface area contributed by atoms with Gasteiger partial charge in [-0.2, -0.15) is 0 Å². The molecule has 2 aliphatic rings. The fourth-order valence-electron chi connectivity index (χ4n) is 2.70. The van der Waals surface area contributed by atoms with Gasteiger partial charge in [-0.3, -0.25) is 5.32 Å². The van der Waals surface area contributed by atoms with E-state index in [1.54, 1.807) is 0 Å². The van der Waals surface area contributed by atoms with Crippen LogP contribution in [0.15, 0.2) is 0 Å². The lowest BCUT2D eigenvalue weighted by Crippen LogP contribution is -2.40. The minimum absolute atomic E-state index is 0.0140. The molecule has 0 saturated carbocycles. The molecule has 0 radical (unpaired) electrons. The number of hydrogen-bond donors (Lipinski definition) is 1. The Labute approximate surface area is 92.5 Å². The molecule has 0 aliphatic carbocycles. The van der Waals surface area contributed by atoms with E-state index in [4.69, 9.17) is 9.47 Å². The molecule has 0 spiro atoms. The van der Waals surface area contributed by atoms with Crippen LogP contribution in [0.3, 0.4) is 0 Å². The van der Waals surface area contributed by atoms with Crippen molar-refractivity contribution in [2.45, 2.75) is 51.4 Å². The molecule has 0 aromatic heterocycles. The molecule has 1 N–H and O–H groups in total. The Morgan fingerprint density at radius 1 is 1.20 bits per heavy atom. The highest BCUT2D eigenvalue weighted by atomic mass is 16.5. The molecule has 88 valence electrons. The lowest BCUT2D eigenvalue weighted by atomic mass is 9.91. The summed E-state index contributed by atoms with van der Waals surface area (Å²) in [5.41, 5.74) is -0.134. The topological polar surface area (TPSA) is 30.5 Å². The van der Waals surface area contributed by atoms with E-state index in [2.05, 4.69) is 26.1 Å². The first-order chi connectivity index (χ1) is 6.99. The van der Waals surface area contributed by atoms with Gasteiger partial charge in [0, 0.05) is 19.8 Å². The average Bonchev–Trinajstić information content (AvgIpc) is 2.42. The molecule has 1 atom stereocenters. The molecule has 2 fully saturated rings. The molecule has 1 unspecified atom stereocenters. The third-order valence-electron chi connectivity index (χ3n) is 3.41. The first kappa shape index (κ1) is 11.4. The lowest BCUT2D eigenvalue weighted by molar-refractivity contribution is -0.0970. The molecule has 15 heavy (non-hydrogen) atoms. The molecule has 2 aliphatic heterocycles. The second kappa shape index (κ2) is 4.04. The standard InChI is InChI=1S/C12H23NO2/c1-11(2)9-13-12(3,15-11)8-10-4-6-14-7-5-10/h10,13H,4-9H2,1-3H3. The zero-order chi connectivity index (χ0) is 10.9. The van der Waals surface area contributed by atoms with Crippen molar-refractivity contribution in [3.8, 4) is 0 Å². The maximum Gasteiger partial charge on any atom is 0.117 e. The molecular weight excluding hydrogens is 190 g/mol. The van der Waals surface area contributed by atoms with Gasteiger partial charge in [-0.25, -0.2) is 0 Å². The van der Waals surface area contributed by atoms with E-state index in [9.17, 15) is 0 Å². The van der Waals surface area contributed by atoms with Gasteiger partial charge >= 0.3 is 0 Å². The van der Waals surface area contributed by atoms with E-state index in [-0.39, 0.29) is 11.3 Å². The molecule has 0 aromatic carbocycles. The Morgan fingerprint density at radius 3 is 2.40 bits per heavy atom. The monoisotopic (exact) mass is 213 g/mol. The first-order valence-electron chi connectivity index (χ1n) is 6.02. The van der Waals surface area contributed by atoms with Crippen LogP contribution in [0.5, 0.6) is 0 Å². The fourth-order valence-corrected chi connectivity index (χ4v) is 2.70. The predicted molar refractivity (Wildman–Crippen MR) is 59.7 cm³/mol. The van der Waals surface area contributed by atoms with Crippen LogP contribution in [0.25, 0.3) is 0 Å². The van der Waals surface area contributed by atoms with Crippen molar-refractivity contribution >= 4 is 0 Å². The third kappa shape index (κ3) is 2.92. The largest absolute Gasteiger partial charge is 0.381 e. The third-order valence-corrected chi connectivity index (χ3v) is 3.41. The fraction of sp³-hybridized carbons (Fsp3) is 1.00. The summed E-state index contributed by atoms with van der Waals surface area (Å²) in [4.78, 5) is 0. The lowest BCUT2D eigenvalue weighted by Gasteiger charge is -2.32. The van der Waals surface area contributed by atoms with Crippen LogP contribution < -0.4 is 5.32 Å². The molecule has 2 heterocycles. The second-order valence-corrected chi connectivity index (χ2v) is 5.71. The van der Waals surface area contributed by atoms with Crippen LogP contribution in [-0.2, 0) is 9.47 Å². The first-order valence-corrected chi connectivity index (χ1v) is 6.02. The van der Waals surface area contributed by atoms with Crippen LogP contribution in [0.4, 0.5) is 0 Å². The van der Waals surface area contributed by atoms with Gasteiger partial charge in [-0.15, -0.1) is 0 Å². The summed E-state index contributed by atoms with van der Waals surface area (Å²) in [6.07, 6.45) is 3.47. The SMILES string of the molecule is CC1(C)CNC(C)(CC2CCOCC2)O1. The Hall–Kier alpha value is -0.120. The molecule has 0 bridgehead atoms. The summed E-state index contributed by atoms with van der Waals surface area (Å²) in [7, 11) is 0. The van der Waals surface area contributed by atoms with E-state index in [0.717, 1.165) is 32.1 Å². The molecule has 3 heteroatoms. The molecule has 2 rings (SSSR count). The molecule has 2 saturated heterocycles. The normalized spacial score (nSPS) is 37.0. The van der Waals surface area contributed by atoms with Crippen molar-refractivity contribution in [1.82, 2.24) is 5.32 Å². The van der Waals surface area contributed by atoms with E-state index >= 15 is 0 Å². The highest BCUT2D eigenvalue weighted by molar-refractivity contribution is 4.90. The second-order valence-electron chi connectivity index (χ2n) is 5.71. The van der Waals surface area contributed by atoms with Crippen molar-refractivity contribution in [2.24, 2.45) is 5.92 Å². The van der Waals surface area contributed by atoms with Crippen LogP contribution in [0.1, 0.15) is 40.0 Å². The number of nitrogens with one attached hydrogen (secondary N) is 1. The summed E-state index contributed by atoms with van der Waals surface area (Å²) in [6.45, 7) is 9.27. The van der Waals surface area contributed by atoms with Gasteiger partial charge in [-0.05, 0) is 46.0 Å². The zero-order valence-corrected chi connectivity index (χ0v) is 10.1. The summed E-state index contributed by atoms with van der Waals surface area (Å²) in [5.74, 6) is 0.755. The van der Waals surface area contributed by atoms with E-state index in [0.29, 0.717) is 0 Å². The van der Waals surface area contributed by atoms with Crippen molar-refractivity contribution in [3.63, 3.8) is 0 Å². The van der Waals surface area contributed by atoms with Gasteiger partial charge in [0.2, 0.25) is 0 Å². The van der Waals surface area contributed by atoms with Gasteiger partial charge in [0.25, 0.3) is 0 Å². The van der Waals surface area contributed by atoms with Crippen molar-refractivity contribution < 1.29 is 9.47 Å². The van der Waals surface area contributed by atoms with E-state index < -0.39 is 0 Å². The number of rotatable bonds is 2. The molecule has 3 nitrogen and oxygen atoms in total.